The summed E-state index contributed by atoms with van der Waals surface area (Å²) in [6.07, 6.45) is 0.813. The Bertz CT molecular complexity index is 271. The van der Waals surface area contributed by atoms with Crippen LogP contribution in [0.25, 0.3) is 0 Å². The van der Waals surface area contributed by atoms with Gasteiger partial charge in [-0.15, -0.1) is 10.2 Å². The maximum Gasteiger partial charge on any atom is 0.186 e. The number of aryl methyl sites for hydroxylation is 1. The number of alkyl halides is 1. The van der Waals surface area contributed by atoms with Crippen LogP contribution in [0, 0.1) is 0 Å². The molecule has 2 unspecified atom stereocenters. The Balaban J connectivity index is 2.13. The molecule has 0 bridgehead atoms. The maximum absolute atomic E-state index is 13.4. The molecule has 0 saturated carbocycles. The van der Waals surface area contributed by atoms with E-state index >= 15 is 0 Å². The van der Waals surface area contributed by atoms with Gasteiger partial charge in [0.1, 0.15) is 6.33 Å². The van der Waals surface area contributed by atoms with Crippen molar-refractivity contribution in [2.24, 2.45) is 7.05 Å². The zero-order valence-electron chi connectivity index (χ0n) is 6.77. The first kappa shape index (κ1) is 7.67. The molecule has 0 aromatic carbocycles. The largest absolute Gasteiger partial charge is 0.375 e. The van der Waals surface area contributed by atoms with Gasteiger partial charge in [-0.05, 0) is 0 Å². The summed E-state index contributed by atoms with van der Waals surface area (Å²) in [6, 6.07) is 0. The molecule has 1 aromatic heterocycles. The zero-order valence-corrected chi connectivity index (χ0v) is 6.77. The highest BCUT2D eigenvalue weighted by molar-refractivity contribution is 4.95. The fourth-order valence-corrected chi connectivity index (χ4v) is 1.19. The fraction of sp³-hybridized carbons (Fsp3) is 0.714. The molecular weight excluding hydrogens is 161 g/mol. The van der Waals surface area contributed by atoms with Gasteiger partial charge in [0.2, 0.25) is 0 Å². The van der Waals surface area contributed by atoms with E-state index in [2.05, 4.69) is 10.2 Å². The van der Waals surface area contributed by atoms with E-state index in [9.17, 15) is 4.39 Å². The summed E-state index contributed by atoms with van der Waals surface area (Å²) in [4.78, 5) is 0. The minimum absolute atomic E-state index is 0.312. The summed E-state index contributed by atoms with van der Waals surface area (Å²) in [5.74, 6) is 0.347. The van der Waals surface area contributed by atoms with Crippen molar-refractivity contribution < 1.29 is 9.13 Å². The minimum atomic E-state index is -1.13. The molecule has 0 amide bonds. The monoisotopic (exact) mass is 171 g/mol. The number of hydrogen-bond acceptors (Lipinski definition) is 3. The highest BCUT2D eigenvalue weighted by atomic mass is 19.1. The van der Waals surface area contributed by atoms with E-state index in [0.29, 0.717) is 12.4 Å². The van der Waals surface area contributed by atoms with Gasteiger partial charge in [-0.25, -0.2) is 4.39 Å². The van der Waals surface area contributed by atoms with E-state index in [1.165, 1.54) is 6.33 Å². The lowest BCUT2D eigenvalue weighted by Crippen LogP contribution is -2.32. The predicted octanol–water partition coefficient (Wildman–Crippen LogP) is 0.615. The lowest BCUT2D eigenvalue weighted by atomic mass is 10.1. The van der Waals surface area contributed by atoms with E-state index in [0.717, 1.165) is 6.42 Å². The molecule has 5 heteroatoms. The van der Waals surface area contributed by atoms with Gasteiger partial charge in [-0.3, -0.25) is 0 Å². The number of ether oxygens (including phenoxy) is 1. The van der Waals surface area contributed by atoms with Crippen LogP contribution in [0.15, 0.2) is 6.33 Å². The molecule has 12 heavy (non-hydrogen) atoms. The second-order valence-electron chi connectivity index (χ2n) is 2.90. The summed E-state index contributed by atoms with van der Waals surface area (Å²) >= 11 is 0. The average Bonchev–Trinajstić information content (AvgIpc) is 2.31. The Hall–Kier alpha value is -0.970. The summed E-state index contributed by atoms with van der Waals surface area (Å²) in [5, 5.41) is 7.28. The SMILES string of the molecule is Cn1cnnc1C(F)C1CCO1. The van der Waals surface area contributed by atoms with Crippen molar-refractivity contribution in [3.63, 3.8) is 0 Å². The van der Waals surface area contributed by atoms with Crippen molar-refractivity contribution in [1.82, 2.24) is 14.8 Å². The third-order valence-electron chi connectivity index (χ3n) is 2.05. The van der Waals surface area contributed by atoms with E-state index in [-0.39, 0.29) is 6.10 Å². The van der Waals surface area contributed by atoms with Crippen LogP contribution < -0.4 is 0 Å². The third kappa shape index (κ3) is 1.10. The molecule has 0 N–H and O–H groups in total. The molecule has 2 atom stereocenters. The first-order chi connectivity index (χ1) is 5.79. The van der Waals surface area contributed by atoms with Crippen LogP contribution in [0.2, 0.25) is 0 Å². The second kappa shape index (κ2) is 2.82. The van der Waals surface area contributed by atoms with Crippen molar-refractivity contribution in [1.29, 1.82) is 0 Å². The Kier molecular flexibility index (Phi) is 1.80. The van der Waals surface area contributed by atoms with E-state index in [4.69, 9.17) is 4.74 Å². The molecule has 0 aliphatic carbocycles. The quantitative estimate of drug-likeness (QED) is 0.654. The fourth-order valence-electron chi connectivity index (χ4n) is 1.19. The number of rotatable bonds is 2. The van der Waals surface area contributed by atoms with Gasteiger partial charge < -0.3 is 9.30 Å². The van der Waals surface area contributed by atoms with Crippen LogP contribution in [-0.2, 0) is 11.8 Å². The first-order valence-corrected chi connectivity index (χ1v) is 3.88. The molecule has 1 aromatic rings. The molecular formula is C7H10FN3O. The topological polar surface area (TPSA) is 39.9 Å². The number of nitrogens with zero attached hydrogens (tertiary/aromatic N) is 3. The Morgan fingerprint density at radius 3 is 3.00 bits per heavy atom. The van der Waals surface area contributed by atoms with Gasteiger partial charge in [0.25, 0.3) is 0 Å². The van der Waals surface area contributed by atoms with Gasteiger partial charge >= 0.3 is 0 Å². The average molecular weight is 171 g/mol. The van der Waals surface area contributed by atoms with Gasteiger partial charge in [0.05, 0.1) is 6.10 Å². The third-order valence-corrected chi connectivity index (χ3v) is 2.05. The van der Waals surface area contributed by atoms with Crippen LogP contribution >= 0.6 is 0 Å². The van der Waals surface area contributed by atoms with E-state index in [1.807, 2.05) is 0 Å². The lowest BCUT2D eigenvalue weighted by Gasteiger charge is -2.28. The summed E-state index contributed by atoms with van der Waals surface area (Å²) in [5.41, 5.74) is 0. The predicted molar refractivity (Wildman–Crippen MR) is 39.2 cm³/mol. The summed E-state index contributed by atoms with van der Waals surface area (Å²) in [6.45, 7) is 0.656. The molecule has 1 aliphatic heterocycles. The lowest BCUT2D eigenvalue weighted by molar-refractivity contribution is -0.0965. The molecule has 66 valence electrons. The second-order valence-corrected chi connectivity index (χ2v) is 2.90. The smallest absolute Gasteiger partial charge is 0.186 e. The highest BCUT2D eigenvalue weighted by Crippen LogP contribution is 2.28. The molecule has 1 aliphatic rings. The van der Waals surface area contributed by atoms with Gasteiger partial charge in [0.15, 0.2) is 12.0 Å². The molecule has 2 heterocycles. The van der Waals surface area contributed by atoms with Gasteiger partial charge in [-0.2, -0.15) is 0 Å². The Morgan fingerprint density at radius 2 is 2.58 bits per heavy atom. The standard InChI is InChI=1S/C7H10FN3O/c1-11-4-9-10-7(11)6(8)5-2-3-12-5/h4-6H,2-3H2,1H3. The van der Waals surface area contributed by atoms with Crippen LogP contribution in [-0.4, -0.2) is 27.5 Å². The van der Waals surface area contributed by atoms with Crippen LogP contribution in [0.4, 0.5) is 4.39 Å². The first-order valence-electron chi connectivity index (χ1n) is 3.88. The summed E-state index contributed by atoms with van der Waals surface area (Å²) < 4.78 is 20.0. The number of halogens is 1. The van der Waals surface area contributed by atoms with Crippen LogP contribution in [0.5, 0.6) is 0 Å². The molecule has 4 nitrogen and oxygen atoms in total. The molecule has 0 spiro atoms. The highest BCUT2D eigenvalue weighted by Gasteiger charge is 2.32. The zero-order chi connectivity index (χ0) is 8.55. The van der Waals surface area contributed by atoms with Gasteiger partial charge in [-0.1, -0.05) is 0 Å². The minimum Gasteiger partial charge on any atom is -0.375 e. The van der Waals surface area contributed by atoms with Crippen molar-refractivity contribution in [3.8, 4) is 0 Å². The van der Waals surface area contributed by atoms with Crippen LogP contribution in [0.1, 0.15) is 18.4 Å². The Morgan fingerprint density at radius 1 is 1.83 bits per heavy atom. The van der Waals surface area contributed by atoms with Crippen LogP contribution in [0.3, 0.4) is 0 Å². The molecule has 2 rings (SSSR count). The van der Waals surface area contributed by atoms with Crippen molar-refractivity contribution in [2.45, 2.75) is 18.7 Å². The van der Waals surface area contributed by atoms with Gasteiger partial charge in [0, 0.05) is 20.1 Å². The van der Waals surface area contributed by atoms with Crippen molar-refractivity contribution in [3.05, 3.63) is 12.2 Å². The number of hydrogen-bond donors (Lipinski definition) is 0. The number of aromatic nitrogens is 3. The molecule has 0 radical (unpaired) electrons. The van der Waals surface area contributed by atoms with Crippen molar-refractivity contribution in [2.75, 3.05) is 6.61 Å². The maximum atomic E-state index is 13.4. The summed E-state index contributed by atoms with van der Waals surface area (Å²) in [7, 11) is 1.72. The van der Waals surface area contributed by atoms with Crippen molar-refractivity contribution >= 4 is 0 Å². The normalized spacial score (nSPS) is 25.0. The Labute approximate surface area is 69.4 Å². The molecule has 1 saturated heterocycles. The van der Waals surface area contributed by atoms with E-state index in [1.54, 1.807) is 11.6 Å². The molecule has 1 fully saturated rings. The van der Waals surface area contributed by atoms with E-state index < -0.39 is 6.17 Å².